The monoisotopic (exact) mass is 271 g/mol. The Balaban J connectivity index is 1.96. The number of carbonyl (C=O) groups excluding carboxylic acids is 2. The van der Waals surface area contributed by atoms with Crippen LogP contribution in [0.5, 0.6) is 0 Å². The average molecular weight is 271 g/mol. The molecular formula is C16H17NO3. The van der Waals surface area contributed by atoms with Gasteiger partial charge >= 0.3 is 0 Å². The summed E-state index contributed by atoms with van der Waals surface area (Å²) in [5.74, 6) is -1.10. The topological polar surface area (TPSA) is 57.6 Å². The van der Waals surface area contributed by atoms with Crippen molar-refractivity contribution in [3.8, 4) is 0 Å². The summed E-state index contributed by atoms with van der Waals surface area (Å²) in [5, 5.41) is 10.3. The molecular weight excluding hydrogens is 254 g/mol. The smallest absolute Gasteiger partial charge is 0.234 e. The van der Waals surface area contributed by atoms with E-state index in [1.165, 1.54) is 6.42 Å². The minimum Gasteiger partial charge on any atom is -0.507 e. The van der Waals surface area contributed by atoms with Crippen molar-refractivity contribution in [1.82, 2.24) is 4.90 Å². The van der Waals surface area contributed by atoms with Gasteiger partial charge in [-0.2, -0.15) is 0 Å². The summed E-state index contributed by atoms with van der Waals surface area (Å²) in [7, 11) is 0. The van der Waals surface area contributed by atoms with Gasteiger partial charge < -0.3 is 5.11 Å². The van der Waals surface area contributed by atoms with Gasteiger partial charge in [0.15, 0.2) is 0 Å². The van der Waals surface area contributed by atoms with Crippen LogP contribution in [0.3, 0.4) is 0 Å². The molecule has 4 nitrogen and oxygen atoms in total. The van der Waals surface area contributed by atoms with E-state index in [1.807, 2.05) is 0 Å². The maximum Gasteiger partial charge on any atom is 0.234 e. The van der Waals surface area contributed by atoms with E-state index in [0.29, 0.717) is 17.7 Å². The zero-order valence-electron chi connectivity index (χ0n) is 11.3. The first-order chi connectivity index (χ1) is 9.68. The van der Waals surface area contributed by atoms with Crippen molar-refractivity contribution in [3.05, 3.63) is 41.0 Å². The van der Waals surface area contributed by atoms with Gasteiger partial charge in [-0.1, -0.05) is 30.7 Å². The second-order valence-corrected chi connectivity index (χ2v) is 5.37. The van der Waals surface area contributed by atoms with Crippen molar-refractivity contribution in [2.24, 2.45) is 0 Å². The molecule has 0 amide bonds. The lowest BCUT2D eigenvalue weighted by Crippen LogP contribution is -2.36. The number of piperidine rings is 1. The molecule has 1 fully saturated rings. The van der Waals surface area contributed by atoms with Gasteiger partial charge in [-0.3, -0.25) is 14.5 Å². The number of hydrogen-bond acceptors (Lipinski definition) is 4. The molecule has 104 valence electrons. The molecule has 0 saturated carbocycles. The summed E-state index contributed by atoms with van der Waals surface area (Å²) in [6.07, 6.45) is 3.41. The Kier molecular flexibility index (Phi) is 3.40. The molecule has 1 N–H and O–H groups in total. The van der Waals surface area contributed by atoms with Gasteiger partial charge in [0.2, 0.25) is 11.6 Å². The first-order valence-electron chi connectivity index (χ1n) is 7.01. The second-order valence-electron chi connectivity index (χ2n) is 5.37. The SMILES string of the molecule is O=C1C(=O)c2ccccc2C(O)=C1CN1CCCCC1. The average Bonchev–Trinajstić information content (AvgIpc) is 2.50. The molecule has 1 aliphatic heterocycles. The summed E-state index contributed by atoms with van der Waals surface area (Å²) in [6, 6.07) is 6.73. The van der Waals surface area contributed by atoms with E-state index >= 15 is 0 Å². The third-order valence-electron chi connectivity index (χ3n) is 4.02. The van der Waals surface area contributed by atoms with Crippen molar-refractivity contribution < 1.29 is 14.7 Å². The minimum atomic E-state index is -0.563. The van der Waals surface area contributed by atoms with Crippen LogP contribution in [0.1, 0.15) is 35.2 Å². The van der Waals surface area contributed by atoms with Crippen molar-refractivity contribution in [1.29, 1.82) is 0 Å². The number of aliphatic hydroxyl groups excluding tert-OH is 1. The molecule has 0 radical (unpaired) electrons. The van der Waals surface area contributed by atoms with E-state index in [9.17, 15) is 14.7 Å². The molecule has 1 aliphatic carbocycles. The molecule has 20 heavy (non-hydrogen) atoms. The third kappa shape index (κ3) is 2.16. The fourth-order valence-corrected chi connectivity index (χ4v) is 2.90. The molecule has 0 atom stereocenters. The maximum atomic E-state index is 12.2. The lowest BCUT2D eigenvalue weighted by Gasteiger charge is -2.28. The van der Waals surface area contributed by atoms with Crippen LogP contribution in [0.4, 0.5) is 0 Å². The Morgan fingerprint density at radius 3 is 2.30 bits per heavy atom. The van der Waals surface area contributed by atoms with Crippen LogP contribution < -0.4 is 0 Å². The highest BCUT2D eigenvalue weighted by molar-refractivity contribution is 6.52. The highest BCUT2D eigenvalue weighted by Crippen LogP contribution is 2.28. The van der Waals surface area contributed by atoms with Crippen molar-refractivity contribution >= 4 is 17.3 Å². The summed E-state index contributed by atoms with van der Waals surface area (Å²) in [5.41, 5.74) is 1.03. The second kappa shape index (κ2) is 5.21. The number of benzene rings is 1. The molecule has 4 heteroatoms. The van der Waals surface area contributed by atoms with Crippen LogP contribution in [0.15, 0.2) is 29.8 Å². The summed E-state index contributed by atoms with van der Waals surface area (Å²) >= 11 is 0. The van der Waals surface area contributed by atoms with Crippen LogP contribution in [-0.2, 0) is 4.79 Å². The predicted molar refractivity (Wildman–Crippen MR) is 75.6 cm³/mol. The number of hydrogen-bond donors (Lipinski definition) is 1. The first-order valence-corrected chi connectivity index (χ1v) is 7.01. The quantitative estimate of drug-likeness (QED) is 0.838. The zero-order chi connectivity index (χ0) is 14.1. The maximum absolute atomic E-state index is 12.2. The molecule has 0 spiro atoms. The number of aliphatic hydroxyl groups is 1. The fraction of sp³-hybridized carbons (Fsp3) is 0.375. The van der Waals surface area contributed by atoms with E-state index in [1.54, 1.807) is 24.3 Å². The molecule has 2 aliphatic rings. The lowest BCUT2D eigenvalue weighted by atomic mass is 9.88. The van der Waals surface area contributed by atoms with Gasteiger partial charge in [-0.25, -0.2) is 0 Å². The Morgan fingerprint density at radius 2 is 1.60 bits per heavy atom. The highest BCUT2D eigenvalue weighted by atomic mass is 16.3. The Hall–Kier alpha value is -1.94. The highest BCUT2D eigenvalue weighted by Gasteiger charge is 2.33. The van der Waals surface area contributed by atoms with Crippen molar-refractivity contribution in [2.75, 3.05) is 19.6 Å². The fourth-order valence-electron chi connectivity index (χ4n) is 2.90. The molecule has 0 unspecified atom stereocenters. The van der Waals surface area contributed by atoms with Gasteiger partial charge in [-0.15, -0.1) is 0 Å². The van der Waals surface area contributed by atoms with Crippen LogP contribution in [0.25, 0.3) is 5.76 Å². The Bertz CT molecular complexity index is 597. The number of likely N-dealkylation sites (tertiary alicyclic amines) is 1. The van der Waals surface area contributed by atoms with Crippen molar-refractivity contribution in [3.63, 3.8) is 0 Å². The number of fused-ring (bicyclic) bond motifs is 1. The summed E-state index contributed by atoms with van der Waals surface area (Å²) < 4.78 is 0. The molecule has 1 heterocycles. The Morgan fingerprint density at radius 1 is 0.950 bits per heavy atom. The molecule has 3 rings (SSSR count). The molecule has 0 bridgehead atoms. The minimum absolute atomic E-state index is 0.0317. The first kappa shape index (κ1) is 13.1. The van der Waals surface area contributed by atoms with Gasteiger partial charge in [0.1, 0.15) is 5.76 Å². The molecule has 1 aromatic carbocycles. The standard InChI is InChI=1S/C16H17NO3/c18-14-11-6-2-3-7-12(11)15(19)16(20)13(14)10-17-8-4-1-5-9-17/h2-3,6-7,18H,1,4-5,8-10H2. The number of rotatable bonds is 2. The lowest BCUT2D eigenvalue weighted by molar-refractivity contribution is -0.112. The molecule has 0 aromatic heterocycles. The number of Topliss-reactive ketones (excluding diaryl/α,β-unsaturated/α-hetero) is 2. The zero-order valence-corrected chi connectivity index (χ0v) is 11.3. The predicted octanol–water partition coefficient (Wildman–Crippen LogP) is 2.21. The van der Waals surface area contributed by atoms with E-state index < -0.39 is 11.6 Å². The normalized spacial score (nSPS) is 20.2. The van der Waals surface area contributed by atoms with E-state index in [2.05, 4.69) is 4.90 Å². The third-order valence-corrected chi connectivity index (χ3v) is 4.02. The molecule has 1 saturated heterocycles. The van der Waals surface area contributed by atoms with E-state index in [4.69, 9.17) is 0 Å². The van der Waals surface area contributed by atoms with Gasteiger partial charge in [0, 0.05) is 17.7 Å². The molecule has 1 aromatic rings. The largest absolute Gasteiger partial charge is 0.507 e. The summed E-state index contributed by atoms with van der Waals surface area (Å²) in [4.78, 5) is 26.4. The number of carbonyl (C=O) groups is 2. The van der Waals surface area contributed by atoms with Gasteiger partial charge in [0.05, 0.1) is 5.57 Å². The number of ketones is 2. The van der Waals surface area contributed by atoms with Gasteiger partial charge in [0.25, 0.3) is 0 Å². The number of nitrogens with zero attached hydrogens (tertiary/aromatic N) is 1. The van der Waals surface area contributed by atoms with Crippen molar-refractivity contribution in [2.45, 2.75) is 19.3 Å². The van der Waals surface area contributed by atoms with Crippen LogP contribution in [0.2, 0.25) is 0 Å². The summed E-state index contributed by atoms with van der Waals surface area (Å²) in [6.45, 7) is 2.20. The van der Waals surface area contributed by atoms with Crippen LogP contribution in [0, 0.1) is 0 Å². The van der Waals surface area contributed by atoms with E-state index in [0.717, 1.165) is 25.9 Å². The Labute approximate surface area is 117 Å². The van der Waals surface area contributed by atoms with Gasteiger partial charge in [-0.05, 0) is 25.9 Å². The van der Waals surface area contributed by atoms with E-state index in [-0.39, 0.29) is 11.3 Å². The van der Waals surface area contributed by atoms with Crippen LogP contribution in [-0.4, -0.2) is 41.2 Å². The van der Waals surface area contributed by atoms with Crippen LogP contribution >= 0.6 is 0 Å².